The van der Waals surface area contributed by atoms with Crippen LogP contribution < -0.4 is 5.32 Å². The molecule has 0 aliphatic carbocycles. The second-order valence-electron chi connectivity index (χ2n) is 4.38. The van der Waals surface area contributed by atoms with Gasteiger partial charge in [0.1, 0.15) is 0 Å². The normalized spacial score (nSPS) is 23.8. The fourth-order valence-corrected chi connectivity index (χ4v) is 2.90. The number of hydrogen-bond donors (Lipinski definition) is 1. The monoisotopic (exact) mass is 201 g/mol. The van der Waals surface area contributed by atoms with Crippen LogP contribution in [0.1, 0.15) is 39.5 Å². The van der Waals surface area contributed by atoms with Gasteiger partial charge in [-0.2, -0.15) is 11.8 Å². The van der Waals surface area contributed by atoms with Crippen molar-refractivity contribution >= 4 is 11.8 Å². The highest BCUT2D eigenvalue weighted by Gasteiger charge is 2.12. The van der Waals surface area contributed by atoms with Gasteiger partial charge in [0, 0.05) is 11.8 Å². The summed E-state index contributed by atoms with van der Waals surface area (Å²) in [6.07, 6.45) is 5.63. The van der Waals surface area contributed by atoms with Crippen molar-refractivity contribution < 1.29 is 0 Å². The Morgan fingerprint density at radius 1 is 1.38 bits per heavy atom. The van der Waals surface area contributed by atoms with Crippen molar-refractivity contribution in [3.63, 3.8) is 0 Å². The molecule has 1 saturated heterocycles. The molecular weight excluding hydrogens is 178 g/mol. The van der Waals surface area contributed by atoms with Crippen LogP contribution >= 0.6 is 11.8 Å². The van der Waals surface area contributed by atoms with E-state index in [0.29, 0.717) is 0 Å². The minimum atomic E-state index is 0.839. The molecule has 1 unspecified atom stereocenters. The molecule has 1 atom stereocenters. The van der Waals surface area contributed by atoms with E-state index >= 15 is 0 Å². The lowest BCUT2D eigenvalue weighted by Crippen LogP contribution is -2.28. The third-order valence-corrected chi connectivity index (χ3v) is 3.94. The van der Waals surface area contributed by atoms with Gasteiger partial charge in [0.2, 0.25) is 0 Å². The topological polar surface area (TPSA) is 12.0 Å². The van der Waals surface area contributed by atoms with Crippen LogP contribution in [0.15, 0.2) is 0 Å². The Labute approximate surface area is 87.1 Å². The molecule has 13 heavy (non-hydrogen) atoms. The van der Waals surface area contributed by atoms with Crippen molar-refractivity contribution in [2.75, 3.05) is 18.8 Å². The van der Waals surface area contributed by atoms with Crippen molar-refractivity contribution in [1.82, 2.24) is 5.32 Å². The Morgan fingerprint density at radius 3 is 2.85 bits per heavy atom. The van der Waals surface area contributed by atoms with Gasteiger partial charge in [0.25, 0.3) is 0 Å². The lowest BCUT2D eigenvalue weighted by molar-refractivity contribution is 0.524. The Hall–Kier alpha value is 0.310. The Kier molecular flexibility index (Phi) is 5.88. The average Bonchev–Trinajstić information content (AvgIpc) is 2.14. The van der Waals surface area contributed by atoms with Crippen LogP contribution in [0, 0.1) is 5.92 Å². The van der Waals surface area contributed by atoms with Crippen LogP contribution in [0.2, 0.25) is 0 Å². The van der Waals surface area contributed by atoms with E-state index in [0.717, 1.165) is 11.2 Å². The van der Waals surface area contributed by atoms with Gasteiger partial charge < -0.3 is 5.32 Å². The second-order valence-corrected chi connectivity index (χ2v) is 5.78. The zero-order chi connectivity index (χ0) is 9.52. The van der Waals surface area contributed by atoms with Crippen LogP contribution in [-0.4, -0.2) is 24.1 Å². The summed E-state index contributed by atoms with van der Waals surface area (Å²) in [7, 11) is 0. The van der Waals surface area contributed by atoms with Crippen LogP contribution in [0.25, 0.3) is 0 Å². The molecule has 0 aromatic carbocycles. The summed E-state index contributed by atoms with van der Waals surface area (Å²) in [4.78, 5) is 0. The standard InChI is InChI=1S/C11H23NS/c1-10(2)6-7-12-9-11-5-3-4-8-13-11/h10-12H,3-9H2,1-2H3. The quantitative estimate of drug-likeness (QED) is 0.686. The lowest BCUT2D eigenvalue weighted by Gasteiger charge is -2.21. The molecule has 0 aromatic heterocycles. The molecule has 1 heterocycles. The van der Waals surface area contributed by atoms with Crippen molar-refractivity contribution in [2.45, 2.75) is 44.8 Å². The second kappa shape index (κ2) is 6.72. The van der Waals surface area contributed by atoms with Gasteiger partial charge in [-0.05, 0) is 37.5 Å². The number of nitrogens with one attached hydrogen (secondary N) is 1. The fraction of sp³-hybridized carbons (Fsp3) is 1.00. The van der Waals surface area contributed by atoms with Crippen molar-refractivity contribution in [3.05, 3.63) is 0 Å². The minimum Gasteiger partial charge on any atom is -0.316 e. The molecule has 1 N–H and O–H groups in total. The number of thioether (sulfide) groups is 1. The summed E-state index contributed by atoms with van der Waals surface area (Å²) in [5.74, 6) is 2.22. The van der Waals surface area contributed by atoms with Gasteiger partial charge in [-0.1, -0.05) is 20.3 Å². The summed E-state index contributed by atoms with van der Waals surface area (Å²) in [5.41, 5.74) is 0. The van der Waals surface area contributed by atoms with E-state index in [1.165, 1.54) is 44.5 Å². The predicted octanol–water partition coefficient (Wildman–Crippen LogP) is 2.91. The highest BCUT2D eigenvalue weighted by atomic mass is 32.2. The van der Waals surface area contributed by atoms with Crippen molar-refractivity contribution in [1.29, 1.82) is 0 Å². The number of rotatable bonds is 5. The fourth-order valence-electron chi connectivity index (χ4n) is 1.62. The Morgan fingerprint density at radius 2 is 2.23 bits per heavy atom. The van der Waals surface area contributed by atoms with E-state index in [2.05, 4.69) is 30.9 Å². The summed E-state index contributed by atoms with van der Waals surface area (Å²) in [6.45, 7) is 7.01. The smallest absolute Gasteiger partial charge is 0.0172 e. The summed E-state index contributed by atoms with van der Waals surface area (Å²) >= 11 is 2.16. The molecule has 1 fully saturated rings. The van der Waals surface area contributed by atoms with E-state index in [-0.39, 0.29) is 0 Å². The van der Waals surface area contributed by atoms with Crippen LogP contribution in [0.3, 0.4) is 0 Å². The van der Waals surface area contributed by atoms with Crippen LogP contribution in [0.4, 0.5) is 0 Å². The third-order valence-electron chi connectivity index (χ3n) is 2.54. The molecule has 1 nitrogen and oxygen atoms in total. The molecule has 2 heteroatoms. The molecule has 0 bridgehead atoms. The van der Waals surface area contributed by atoms with Gasteiger partial charge in [-0.15, -0.1) is 0 Å². The summed E-state index contributed by atoms with van der Waals surface area (Å²) < 4.78 is 0. The molecule has 0 aromatic rings. The predicted molar refractivity (Wildman–Crippen MR) is 62.4 cm³/mol. The molecular formula is C11H23NS. The largest absolute Gasteiger partial charge is 0.316 e. The highest BCUT2D eigenvalue weighted by Crippen LogP contribution is 2.24. The Balaban J connectivity index is 1.92. The lowest BCUT2D eigenvalue weighted by atomic mass is 10.1. The van der Waals surface area contributed by atoms with Gasteiger partial charge in [-0.3, -0.25) is 0 Å². The molecule has 0 saturated carbocycles. The molecule has 0 radical (unpaired) electrons. The van der Waals surface area contributed by atoms with Gasteiger partial charge in [0.15, 0.2) is 0 Å². The molecule has 0 spiro atoms. The first-order valence-electron chi connectivity index (χ1n) is 5.61. The van der Waals surface area contributed by atoms with Crippen molar-refractivity contribution in [3.8, 4) is 0 Å². The van der Waals surface area contributed by atoms with Crippen LogP contribution in [0.5, 0.6) is 0 Å². The zero-order valence-corrected chi connectivity index (χ0v) is 9.83. The molecule has 1 aliphatic heterocycles. The third kappa shape index (κ3) is 5.58. The molecule has 78 valence electrons. The molecule has 0 amide bonds. The summed E-state index contributed by atoms with van der Waals surface area (Å²) in [6, 6.07) is 0. The summed E-state index contributed by atoms with van der Waals surface area (Å²) in [5, 5.41) is 4.47. The zero-order valence-electron chi connectivity index (χ0n) is 9.01. The maximum atomic E-state index is 3.57. The average molecular weight is 201 g/mol. The van der Waals surface area contributed by atoms with Crippen molar-refractivity contribution in [2.24, 2.45) is 5.92 Å². The first-order valence-corrected chi connectivity index (χ1v) is 6.66. The maximum absolute atomic E-state index is 3.57. The van der Waals surface area contributed by atoms with E-state index in [9.17, 15) is 0 Å². The minimum absolute atomic E-state index is 0.839. The van der Waals surface area contributed by atoms with E-state index in [1.807, 2.05) is 0 Å². The van der Waals surface area contributed by atoms with E-state index in [1.54, 1.807) is 0 Å². The van der Waals surface area contributed by atoms with Crippen LogP contribution in [-0.2, 0) is 0 Å². The first-order chi connectivity index (χ1) is 6.29. The van der Waals surface area contributed by atoms with Gasteiger partial charge in [0.05, 0.1) is 0 Å². The van der Waals surface area contributed by atoms with Gasteiger partial charge in [-0.25, -0.2) is 0 Å². The molecule has 1 rings (SSSR count). The SMILES string of the molecule is CC(C)CCNCC1CCCCS1. The Bertz CT molecular complexity index is 119. The first kappa shape index (κ1) is 11.4. The van der Waals surface area contributed by atoms with E-state index in [4.69, 9.17) is 0 Å². The van der Waals surface area contributed by atoms with Gasteiger partial charge >= 0.3 is 0 Å². The maximum Gasteiger partial charge on any atom is 0.0172 e. The number of hydrogen-bond acceptors (Lipinski definition) is 2. The highest BCUT2D eigenvalue weighted by molar-refractivity contribution is 7.99. The van der Waals surface area contributed by atoms with E-state index < -0.39 is 0 Å². The molecule has 1 aliphatic rings.